The zero-order valence-corrected chi connectivity index (χ0v) is 7.26. The normalized spacial score (nSPS) is 16.4. The Kier molecular flexibility index (Phi) is 3.35. The zero-order valence-electron chi connectivity index (χ0n) is 7.26. The summed E-state index contributed by atoms with van der Waals surface area (Å²) < 4.78 is 0. The number of carbonyl (C=O) groups excluding carboxylic acids is 1. The van der Waals surface area contributed by atoms with Crippen molar-refractivity contribution in [1.29, 1.82) is 0 Å². The second-order valence-corrected chi connectivity index (χ2v) is 2.74. The van der Waals surface area contributed by atoms with Gasteiger partial charge in [-0.15, -0.1) is 0 Å². The third-order valence-electron chi connectivity index (χ3n) is 1.88. The van der Waals surface area contributed by atoms with Crippen molar-refractivity contribution in [2.75, 3.05) is 0 Å². The largest absolute Gasteiger partial charge is 0.298 e. The van der Waals surface area contributed by atoms with E-state index in [9.17, 15) is 4.79 Å². The lowest BCUT2D eigenvalue weighted by Crippen LogP contribution is -1.81. The SMILES string of the molecule is C/C=C/C#CC1=C(C=O)CCC1. The summed E-state index contributed by atoms with van der Waals surface area (Å²) in [6.45, 7) is 1.93. The average molecular weight is 160 g/mol. The maximum atomic E-state index is 10.5. The van der Waals surface area contributed by atoms with E-state index >= 15 is 0 Å². The van der Waals surface area contributed by atoms with Gasteiger partial charge in [0.25, 0.3) is 0 Å². The molecule has 1 aliphatic rings. The molecule has 0 heterocycles. The third kappa shape index (κ3) is 2.10. The monoisotopic (exact) mass is 160 g/mol. The Labute approximate surface area is 73.2 Å². The highest BCUT2D eigenvalue weighted by Gasteiger charge is 2.10. The molecule has 0 radical (unpaired) electrons. The Morgan fingerprint density at radius 2 is 2.25 bits per heavy atom. The van der Waals surface area contributed by atoms with E-state index in [0.29, 0.717) is 0 Å². The Morgan fingerprint density at radius 1 is 1.42 bits per heavy atom. The molecule has 0 spiro atoms. The van der Waals surface area contributed by atoms with Crippen molar-refractivity contribution in [2.45, 2.75) is 26.2 Å². The fourth-order valence-corrected chi connectivity index (χ4v) is 1.25. The van der Waals surface area contributed by atoms with Crippen molar-refractivity contribution in [3.05, 3.63) is 23.3 Å². The zero-order chi connectivity index (χ0) is 8.81. The van der Waals surface area contributed by atoms with E-state index in [1.165, 1.54) is 0 Å². The van der Waals surface area contributed by atoms with Gasteiger partial charge in [0.05, 0.1) is 0 Å². The lowest BCUT2D eigenvalue weighted by Gasteiger charge is -1.87. The summed E-state index contributed by atoms with van der Waals surface area (Å²) in [5.41, 5.74) is 1.93. The predicted molar refractivity (Wildman–Crippen MR) is 49.5 cm³/mol. The minimum atomic E-state index is 0.895. The molecule has 1 aliphatic carbocycles. The highest BCUT2D eigenvalue weighted by atomic mass is 16.1. The first-order valence-corrected chi connectivity index (χ1v) is 4.18. The summed E-state index contributed by atoms with van der Waals surface area (Å²) in [7, 11) is 0. The van der Waals surface area contributed by atoms with Gasteiger partial charge in [0.15, 0.2) is 0 Å². The Morgan fingerprint density at radius 3 is 2.92 bits per heavy atom. The van der Waals surface area contributed by atoms with Gasteiger partial charge in [0.2, 0.25) is 0 Å². The van der Waals surface area contributed by atoms with Crippen LogP contribution in [0, 0.1) is 11.8 Å². The number of allylic oxidation sites excluding steroid dienone is 4. The molecule has 1 heteroatoms. The number of hydrogen-bond donors (Lipinski definition) is 0. The molecule has 0 saturated carbocycles. The van der Waals surface area contributed by atoms with Gasteiger partial charge >= 0.3 is 0 Å². The molecule has 0 fully saturated rings. The van der Waals surface area contributed by atoms with Crippen LogP contribution < -0.4 is 0 Å². The third-order valence-corrected chi connectivity index (χ3v) is 1.88. The topological polar surface area (TPSA) is 17.1 Å². The molecule has 0 unspecified atom stereocenters. The molecule has 0 saturated heterocycles. The van der Waals surface area contributed by atoms with E-state index in [1.807, 2.05) is 13.0 Å². The van der Waals surface area contributed by atoms with Gasteiger partial charge in [-0.1, -0.05) is 17.9 Å². The van der Waals surface area contributed by atoms with Gasteiger partial charge in [0.1, 0.15) is 6.29 Å². The van der Waals surface area contributed by atoms with Crippen molar-refractivity contribution < 1.29 is 4.79 Å². The van der Waals surface area contributed by atoms with Gasteiger partial charge in [-0.25, -0.2) is 0 Å². The number of aldehydes is 1. The number of carbonyl (C=O) groups is 1. The Hall–Kier alpha value is -1.29. The molecule has 0 aliphatic heterocycles. The Bertz CT molecular complexity index is 284. The van der Waals surface area contributed by atoms with Crippen LogP contribution in [0.2, 0.25) is 0 Å². The summed E-state index contributed by atoms with van der Waals surface area (Å²) in [5.74, 6) is 5.89. The van der Waals surface area contributed by atoms with Crippen LogP contribution in [0.3, 0.4) is 0 Å². The van der Waals surface area contributed by atoms with Gasteiger partial charge in [-0.2, -0.15) is 0 Å². The van der Waals surface area contributed by atoms with Crippen molar-refractivity contribution in [3.63, 3.8) is 0 Å². The van der Waals surface area contributed by atoms with Crippen LogP contribution in [-0.4, -0.2) is 6.29 Å². The lowest BCUT2D eigenvalue weighted by molar-refractivity contribution is -0.105. The number of rotatable bonds is 1. The van der Waals surface area contributed by atoms with E-state index in [2.05, 4.69) is 11.8 Å². The van der Waals surface area contributed by atoms with Crippen molar-refractivity contribution in [2.24, 2.45) is 0 Å². The highest BCUT2D eigenvalue weighted by Crippen LogP contribution is 2.23. The standard InChI is InChI=1S/C11H12O/c1-2-3-4-6-10-7-5-8-11(10)9-12/h2-3,9H,5,7-8H2,1H3/b3-2+. The molecule has 62 valence electrons. The molecular formula is C11H12O. The molecule has 0 N–H and O–H groups in total. The first-order chi connectivity index (χ1) is 5.88. The molecule has 0 atom stereocenters. The fraction of sp³-hybridized carbons (Fsp3) is 0.364. The van der Waals surface area contributed by atoms with E-state index in [-0.39, 0.29) is 0 Å². The predicted octanol–water partition coefficient (Wildman–Crippen LogP) is 2.25. The summed E-state index contributed by atoms with van der Waals surface area (Å²) in [5, 5.41) is 0. The minimum Gasteiger partial charge on any atom is -0.298 e. The molecule has 0 bridgehead atoms. The Balaban J connectivity index is 2.75. The van der Waals surface area contributed by atoms with Crippen LogP contribution >= 0.6 is 0 Å². The molecule has 0 aromatic heterocycles. The fourth-order valence-electron chi connectivity index (χ4n) is 1.25. The van der Waals surface area contributed by atoms with Crippen LogP contribution in [-0.2, 0) is 4.79 Å². The summed E-state index contributed by atoms with van der Waals surface area (Å²) in [6, 6.07) is 0. The van der Waals surface area contributed by atoms with Crippen LogP contribution in [0.15, 0.2) is 23.3 Å². The van der Waals surface area contributed by atoms with Crippen molar-refractivity contribution in [1.82, 2.24) is 0 Å². The lowest BCUT2D eigenvalue weighted by atomic mass is 10.2. The molecule has 0 aromatic carbocycles. The van der Waals surface area contributed by atoms with E-state index in [1.54, 1.807) is 6.08 Å². The summed E-state index contributed by atoms with van der Waals surface area (Å²) in [6.07, 6.45) is 7.58. The maximum absolute atomic E-state index is 10.5. The molecule has 12 heavy (non-hydrogen) atoms. The quantitative estimate of drug-likeness (QED) is 0.424. The van der Waals surface area contributed by atoms with Gasteiger partial charge in [-0.05, 0) is 32.3 Å². The van der Waals surface area contributed by atoms with Crippen LogP contribution in [0.5, 0.6) is 0 Å². The van der Waals surface area contributed by atoms with Gasteiger partial charge in [0, 0.05) is 11.1 Å². The second-order valence-electron chi connectivity index (χ2n) is 2.74. The van der Waals surface area contributed by atoms with E-state index in [4.69, 9.17) is 0 Å². The van der Waals surface area contributed by atoms with E-state index < -0.39 is 0 Å². The summed E-state index contributed by atoms with van der Waals surface area (Å²) in [4.78, 5) is 10.5. The smallest absolute Gasteiger partial charge is 0.146 e. The molecule has 0 amide bonds. The summed E-state index contributed by atoms with van der Waals surface area (Å²) >= 11 is 0. The molecular weight excluding hydrogens is 148 g/mol. The molecule has 1 rings (SSSR count). The van der Waals surface area contributed by atoms with E-state index in [0.717, 1.165) is 36.7 Å². The van der Waals surface area contributed by atoms with Crippen molar-refractivity contribution in [3.8, 4) is 11.8 Å². The first-order valence-electron chi connectivity index (χ1n) is 4.18. The maximum Gasteiger partial charge on any atom is 0.146 e. The number of hydrogen-bond acceptors (Lipinski definition) is 1. The van der Waals surface area contributed by atoms with Gasteiger partial charge in [-0.3, -0.25) is 4.79 Å². The molecule has 1 nitrogen and oxygen atoms in total. The van der Waals surface area contributed by atoms with Crippen LogP contribution in [0.4, 0.5) is 0 Å². The molecule has 0 aromatic rings. The average Bonchev–Trinajstić information content (AvgIpc) is 2.52. The second kappa shape index (κ2) is 4.56. The highest BCUT2D eigenvalue weighted by molar-refractivity contribution is 5.77. The van der Waals surface area contributed by atoms with Crippen LogP contribution in [0.1, 0.15) is 26.2 Å². The van der Waals surface area contributed by atoms with Crippen LogP contribution in [0.25, 0.3) is 0 Å². The minimum absolute atomic E-state index is 0.895. The van der Waals surface area contributed by atoms with Crippen molar-refractivity contribution >= 4 is 6.29 Å². The first kappa shape index (κ1) is 8.80. The van der Waals surface area contributed by atoms with Gasteiger partial charge < -0.3 is 0 Å².